The van der Waals surface area contributed by atoms with E-state index in [9.17, 15) is 0 Å². The molecule has 0 nitrogen and oxygen atoms in total. The van der Waals surface area contributed by atoms with Crippen LogP contribution in [-0.2, 0) is 5.41 Å². The molecule has 270 valence electrons. The number of hydrogen-bond acceptors (Lipinski definition) is 0. The van der Waals surface area contributed by atoms with Crippen LogP contribution in [0.2, 0.25) is 0 Å². The van der Waals surface area contributed by atoms with Crippen LogP contribution < -0.4 is 0 Å². The third-order valence-corrected chi connectivity index (χ3v) is 7.54. The Morgan fingerprint density at radius 2 is 0.531 bits per heavy atom. The van der Waals surface area contributed by atoms with Gasteiger partial charge in [-0.2, -0.15) is 0 Å². The van der Waals surface area contributed by atoms with Gasteiger partial charge in [0.1, 0.15) is 0 Å². The third-order valence-electron chi connectivity index (χ3n) is 7.54. The van der Waals surface area contributed by atoms with Crippen molar-refractivity contribution in [2.75, 3.05) is 0 Å². The van der Waals surface area contributed by atoms with Crippen LogP contribution in [0.25, 0.3) is 0 Å². The van der Waals surface area contributed by atoms with Gasteiger partial charge in [-0.15, -0.1) is 0 Å². The minimum atomic E-state index is -0.121. The largest absolute Gasteiger partial charge is 0.0776 e. The molecule has 0 bridgehead atoms. The summed E-state index contributed by atoms with van der Waals surface area (Å²) in [6, 6.07) is 54.1. The highest BCUT2D eigenvalue weighted by molar-refractivity contribution is 5.51. The van der Waals surface area contributed by atoms with Crippen LogP contribution in [0.3, 0.4) is 0 Å². The van der Waals surface area contributed by atoms with Gasteiger partial charge in [0.25, 0.3) is 0 Å². The average Bonchev–Trinajstić information content (AvgIpc) is 3.18. The van der Waals surface area contributed by atoms with Crippen molar-refractivity contribution < 1.29 is 0 Å². The molecule has 5 aromatic carbocycles. The highest BCUT2D eigenvalue weighted by Gasteiger charge is 2.39. The van der Waals surface area contributed by atoms with Crippen molar-refractivity contribution in [2.24, 2.45) is 11.8 Å². The summed E-state index contributed by atoms with van der Waals surface area (Å²) in [5, 5.41) is 0. The maximum atomic E-state index is 2.31. The molecule has 0 amide bonds. The van der Waals surface area contributed by atoms with Gasteiger partial charge in [0.2, 0.25) is 0 Å². The Kier molecular flexibility index (Phi) is 31.7. The predicted octanol–water partition coefficient (Wildman–Crippen LogP) is 15.9. The molecule has 0 fully saturated rings. The van der Waals surface area contributed by atoms with Crippen LogP contribution in [0.1, 0.15) is 138 Å². The summed E-state index contributed by atoms with van der Waals surface area (Å²) in [4.78, 5) is 0. The van der Waals surface area contributed by atoms with E-state index < -0.39 is 0 Å². The second-order valence-electron chi connectivity index (χ2n) is 10.6. The molecule has 0 saturated carbocycles. The smallest absolute Gasteiger partial charge is 0.0474 e. The van der Waals surface area contributed by atoms with Gasteiger partial charge in [-0.1, -0.05) is 256 Å². The molecule has 5 aromatic rings. The van der Waals surface area contributed by atoms with Crippen LogP contribution in [0.5, 0.6) is 0 Å². The lowest BCUT2D eigenvalue weighted by Crippen LogP contribution is -2.35. The van der Waals surface area contributed by atoms with Crippen molar-refractivity contribution >= 4 is 0 Å². The first-order valence-electron chi connectivity index (χ1n) is 18.8. The first-order chi connectivity index (χ1) is 23.5. The molecule has 0 heterocycles. The van der Waals surface area contributed by atoms with Crippen molar-refractivity contribution in [3.8, 4) is 0 Å². The predicted molar refractivity (Wildman–Crippen MR) is 227 cm³/mol. The summed E-state index contributed by atoms with van der Waals surface area (Å²) in [6.07, 6.45) is 0. The molecule has 5 rings (SSSR count). The fraction of sp³-hybridized carbons (Fsp3) is 0.388. The molecule has 0 aromatic heterocycles. The Labute approximate surface area is 306 Å². The van der Waals surface area contributed by atoms with E-state index in [0.29, 0.717) is 17.8 Å². The molecule has 0 atom stereocenters. The Morgan fingerprint density at radius 3 is 0.714 bits per heavy atom. The Hall–Kier alpha value is -3.90. The summed E-state index contributed by atoms with van der Waals surface area (Å²) >= 11 is 0. The molecule has 0 aliphatic heterocycles. The lowest BCUT2D eigenvalue weighted by molar-refractivity contribution is 0.438. The Bertz CT molecular complexity index is 1190. The third kappa shape index (κ3) is 15.0. The van der Waals surface area contributed by atoms with Crippen molar-refractivity contribution in [3.63, 3.8) is 0 Å². The summed E-state index contributed by atoms with van der Waals surface area (Å²) in [5.41, 5.74) is 6.74. The second kappa shape index (κ2) is 31.4. The number of hydrogen-bond donors (Lipinski definition) is 0. The van der Waals surface area contributed by atoms with E-state index in [0.717, 1.165) is 0 Å². The highest BCUT2D eigenvalue weighted by atomic mass is 14.4. The van der Waals surface area contributed by atoms with Crippen LogP contribution in [0, 0.1) is 11.8 Å². The zero-order valence-corrected chi connectivity index (χ0v) is 33.2. The van der Waals surface area contributed by atoms with Crippen molar-refractivity contribution in [3.05, 3.63) is 179 Å². The molecule has 0 saturated heterocycles. The quantitative estimate of drug-likeness (QED) is 0.152. The van der Waals surface area contributed by atoms with Gasteiger partial charge in [0.15, 0.2) is 0 Å². The molecule has 0 spiro atoms. The van der Waals surface area contributed by atoms with Gasteiger partial charge in [-0.25, -0.2) is 0 Å². The molecular formula is C49H74. The zero-order valence-electron chi connectivity index (χ0n) is 33.2. The van der Waals surface area contributed by atoms with E-state index >= 15 is 0 Å². The summed E-state index contributed by atoms with van der Waals surface area (Å²) in [6.45, 7) is 29.2. The minimum Gasteiger partial charge on any atom is -0.0776 e. The van der Waals surface area contributed by atoms with E-state index in [4.69, 9.17) is 0 Å². The van der Waals surface area contributed by atoms with Crippen LogP contribution in [-0.4, -0.2) is 0 Å². The minimum absolute atomic E-state index is 0. The zero-order chi connectivity index (χ0) is 36.8. The average molecular weight is 663 g/mol. The Balaban J connectivity index is -0.000000695. The van der Waals surface area contributed by atoms with Crippen LogP contribution in [0.15, 0.2) is 152 Å². The maximum absolute atomic E-state index is 2.31. The first kappa shape index (κ1) is 49.5. The lowest BCUT2D eigenvalue weighted by atomic mass is 9.63. The van der Waals surface area contributed by atoms with E-state index in [-0.39, 0.29) is 12.8 Å². The second-order valence-corrected chi connectivity index (χ2v) is 10.6. The van der Waals surface area contributed by atoms with E-state index in [2.05, 4.69) is 179 Å². The lowest BCUT2D eigenvalue weighted by Gasteiger charge is -2.39. The summed E-state index contributed by atoms with van der Waals surface area (Å²) in [5.74, 6) is 1.56. The molecule has 0 radical (unpaired) electrons. The van der Waals surface area contributed by atoms with Gasteiger partial charge in [0.05, 0.1) is 0 Å². The van der Waals surface area contributed by atoms with Gasteiger partial charge >= 0.3 is 0 Å². The van der Waals surface area contributed by atoms with Crippen LogP contribution >= 0.6 is 0 Å². The standard InChI is InChI=1S/C22H22.C16H18.5C2H6.CH4/c1-18(2)22(19-12-6-3-7-13-19,20-14-8-4-9-15-20)21-16-10-5-11-17-21;1-13(2)16(14-9-5-3-6-10-14)15-11-7-4-8-12-15;5*1-2;/h3-18H,1-2H3;3-13,16H,1-2H3;5*1-2H3;1H4. The van der Waals surface area contributed by atoms with Crippen molar-refractivity contribution in [1.29, 1.82) is 0 Å². The highest BCUT2D eigenvalue weighted by Crippen LogP contribution is 2.45. The van der Waals surface area contributed by atoms with Gasteiger partial charge in [-0.3, -0.25) is 0 Å². The van der Waals surface area contributed by atoms with Gasteiger partial charge in [0, 0.05) is 11.3 Å². The molecule has 49 heavy (non-hydrogen) atoms. The molecule has 0 aliphatic rings. The normalized spacial score (nSPS) is 9.41. The molecule has 0 N–H and O–H groups in total. The molecule has 0 heteroatoms. The summed E-state index contributed by atoms with van der Waals surface area (Å²) in [7, 11) is 0. The van der Waals surface area contributed by atoms with E-state index in [1.54, 1.807) is 0 Å². The monoisotopic (exact) mass is 663 g/mol. The van der Waals surface area contributed by atoms with Crippen LogP contribution in [0.4, 0.5) is 0 Å². The first-order valence-corrected chi connectivity index (χ1v) is 18.8. The fourth-order valence-electron chi connectivity index (χ4n) is 5.89. The number of rotatable bonds is 7. The van der Waals surface area contributed by atoms with E-state index in [1.807, 2.05) is 69.2 Å². The summed E-state index contributed by atoms with van der Waals surface area (Å²) < 4.78 is 0. The Morgan fingerprint density at radius 1 is 0.327 bits per heavy atom. The SMILES string of the molecule is C.CC.CC.CC.CC.CC.CC(C)C(c1ccccc1)(c1ccccc1)c1ccccc1.CC(C)C(c1ccccc1)c1ccccc1. The molecule has 0 aliphatic carbocycles. The van der Waals surface area contributed by atoms with Crippen molar-refractivity contribution in [2.45, 2.75) is 116 Å². The van der Waals surface area contributed by atoms with Crippen molar-refractivity contribution in [1.82, 2.24) is 0 Å². The van der Waals surface area contributed by atoms with Gasteiger partial charge in [-0.05, 0) is 39.7 Å². The molecular weight excluding hydrogens is 589 g/mol. The van der Waals surface area contributed by atoms with Gasteiger partial charge < -0.3 is 0 Å². The maximum Gasteiger partial charge on any atom is 0.0474 e. The molecule has 0 unspecified atom stereocenters. The fourth-order valence-corrected chi connectivity index (χ4v) is 5.89. The number of benzene rings is 5. The topological polar surface area (TPSA) is 0 Å². The van der Waals surface area contributed by atoms with E-state index in [1.165, 1.54) is 27.8 Å².